The number of nitro groups is 1. The summed E-state index contributed by atoms with van der Waals surface area (Å²) in [5, 5.41) is 11.0. The number of carbonyl (C=O) groups is 1. The van der Waals surface area contributed by atoms with Crippen molar-refractivity contribution < 1.29 is 9.72 Å². The van der Waals surface area contributed by atoms with E-state index in [1.54, 1.807) is 0 Å². The minimum Gasteiger partial charge on any atom is -0.343 e. The van der Waals surface area contributed by atoms with Crippen molar-refractivity contribution in [2.75, 3.05) is 13.1 Å². The lowest BCUT2D eigenvalue weighted by Gasteiger charge is -2.32. The molecule has 1 rings (SSSR count). The van der Waals surface area contributed by atoms with E-state index < -0.39 is 6.04 Å². The van der Waals surface area contributed by atoms with Crippen molar-refractivity contribution in [1.29, 1.82) is 0 Å². The summed E-state index contributed by atoms with van der Waals surface area (Å²) in [4.78, 5) is 25.2. The van der Waals surface area contributed by atoms with Gasteiger partial charge in [0, 0.05) is 36.8 Å². The van der Waals surface area contributed by atoms with Crippen molar-refractivity contribution in [3.63, 3.8) is 0 Å². The highest BCUT2D eigenvalue weighted by Gasteiger charge is 2.38. The third kappa shape index (κ3) is 4.46. The van der Waals surface area contributed by atoms with Crippen LogP contribution in [0.5, 0.6) is 0 Å². The van der Waals surface area contributed by atoms with Crippen LogP contribution in [-0.4, -0.2) is 34.9 Å². The van der Waals surface area contributed by atoms with E-state index in [-0.39, 0.29) is 22.7 Å². The quantitative estimate of drug-likeness (QED) is 0.533. The van der Waals surface area contributed by atoms with Gasteiger partial charge in [0.1, 0.15) is 0 Å². The van der Waals surface area contributed by atoms with E-state index in [1.807, 2.05) is 11.8 Å². The number of carbonyl (C=O) groups excluding carboxylic acids is 1. The molecule has 0 aliphatic heterocycles. The van der Waals surface area contributed by atoms with Crippen LogP contribution in [0.4, 0.5) is 0 Å². The zero-order valence-corrected chi connectivity index (χ0v) is 13.0. The Morgan fingerprint density at radius 2 is 1.85 bits per heavy atom. The molecule has 1 fully saturated rings. The Morgan fingerprint density at radius 3 is 2.35 bits per heavy atom. The molecule has 3 unspecified atom stereocenters. The maximum absolute atomic E-state index is 12.4. The van der Waals surface area contributed by atoms with E-state index in [9.17, 15) is 14.9 Å². The number of nitrogens with zero attached hydrogens (tertiary/aromatic N) is 2. The van der Waals surface area contributed by atoms with Crippen molar-refractivity contribution in [3.05, 3.63) is 10.1 Å². The molecule has 0 N–H and O–H groups in total. The predicted octanol–water partition coefficient (Wildman–Crippen LogP) is 3.11. The Labute approximate surface area is 121 Å². The molecule has 1 aliphatic rings. The molecule has 0 heterocycles. The summed E-state index contributed by atoms with van der Waals surface area (Å²) in [5.74, 6) is 0.352. The summed E-state index contributed by atoms with van der Waals surface area (Å²) >= 11 is 0. The zero-order chi connectivity index (χ0) is 15.1. The Morgan fingerprint density at radius 1 is 1.25 bits per heavy atom. The molecular formula is C15H28N2O3. The van der Waals surface area contributed by atoms with Gasteiger partial charge in [0.15, 0.2) is 0 Å². The molecule has 5 heteroatoms. The first kappa shape index (κ1) is 16.9. The normalized spacial score (nSPS) is 26.2. The van der Waals surface area contributed by atoms with Gasteiger partial charge in [0.2, 0.25) is 11.9 Å². The highest BCUT2D eigenvalue weighted by molar-refractivity contribution is 5.76. The van der Waals surface area contributed by atoms with E-state index in [0.717, 1.165) is 38.8 Å². The van der Waals surface area contributed by atoms with Gasteiger partial charge in [-0.25, -0.2) is 0 Å². The highest BCUT2D eigenvalue weighted by atomic mass is 16.6. The van der Waals surface area contributed by atoms with Gasteiger partial charge < -0.3 is 4.90 Å². The highest BCUT2D eigenvalue weighted by Crippen LogP contribution is 2.34. The fourth-order valence-electron chi connectivity index (χ4n) is 3.27. The average Bonchev–Trinajstić information content (AvgIpc) is 2.40. The summed E-state index contributed by atoms with van der Waals surface area (Å²) < 4.78 is 0. The lowest BCUT2D eigenvalue weighted by atomic mass is 9.75. The van der Waals surface area contributed by atoms with Crippen molar-refractivity contribution >= 4 is 5.91 Å². The third-order valence-electron chi connectivity index (χ3n) is 4.47. The minimum absolute atomic E-state index is 0.00723. The summed E-state index contributed by atoms with van der Waals surface area (Å²) in [5.41, 5.74) is 0. The van der Waals surface area contributed by atoms with Crippen LogP contribution in [0.2, 0.25) is 0 Å². The molecule has 0 bridgehead atoms. The molecule has 5 nitrogen and oxygen atoms in total. The second-order valence-corrected chi connectivity index (χ2v) is 5.99. The Balaban J connectivity index is 2.61. The second-order valence-electron chi connectivity index (χ2n) is 5.99. The van der Waals surface area contributed by atoms with E-state index in [4.69, 9.17) is 0 Å². The van der Waals surface area contributed by atoms with Gasteiger partial charge in [-0.3, -0.25) is 14.9 Å². The van der Waals surface area contributed by atoms with Gasteiger partial charge in [-0.2, -0.15) is 0 Å². The van der Waals surface area contributed by atoms with Crippen LogP contribution >= 0.6 is 0 Å². The van der Waals surface area contributed by atoms with Gasteiger partial charge in [-0.1, -0.05) is 20.8 Å². The fraction of sp³-hybridized carbons (Fsp3) is 0.933. The van der Waals surface area contributed by atoms with Crippen LogP contribution in [0.15, 0.2) is 0 Å². The monoisotopic (exact) mass is 284 g/mol. The maximum atomic E-state index is 12.4. The van der Waals surface area contributed by atoms with E-state index in [2.05, 4.69) is 13.8 Å². The molecule has 0 spiro atoms. The molecule has 0 saturated heterocycles. The lowest BCUT2D eigenvalue weighted by Crippen LogP contribution is -2.40. The first-order valence-corrected chi connectivity index (χ1v) is 7.92. The smallest absolute Gasteiger partial charge is 0.222 e. The van der Waals surface area contributed by atoms with Gasteiger partial charge in [0.05, 0.1) is 0 Å². The molecule has 1 aliphatic carbocycles. The van der Waals surface area contributed by atoms with Crippen molar-refractivity contribution in [3.8, 4) is 0 Å². The van der Waals surface area contributed by atoms with Crippen molar-refractivity contribution in [2.45, 2.75) is 65.3 Å². The number of rotatable bonds is 7. The van der Waals surface area contributed by atoms with Gasteiger partial charge in [0.25, 0.3) is 0 Å². The summed E-state index contributed by atoms with van der Waals surface area (Å²) in [6, 6.07) is -0.465. The van der Waals surface area contributed by atoms with Crippen LogP contribution < -0.4 is 0 Å². The summed E-state index contributed by atoms with van der Waals surface area (Å²) in [7, 11) is 0. The van der Waals surface area contributed by atoms with E-state index in [0.29, 0.717) is 12.8 Å². The van der Waals surface area contributed by atoms with Crippen LogP contribution in [0, 0.1) is 22.0 Å². The molecule has 1 saturated carbocycles. The zero-order valence-electron chi connectivity index (χ0n) is 13.0. The third-order valence-corrected chi connectivity index (χ3v) is 4.47. The van der Waals surface area contributed by atoms with Gasteiger partial charge >= 0.3 is 0 Å². The van der Waals surface area contributed by atoms with E-state index in [1.165, 1.54) is 0 Å². The van der Waals surface area contributed by atoms with Crippen LogP contribution in [0.25, 0.3) is 0 Å². The predicted molar refractivity (Wildman–Crippen MR) is 79.1 cm³/mol. The number of amides is 1. The van der Waals surface area contributed by atoms with Gasteiger partial charge in [-0.15, -0.1) is 0 Å². The molecule has 3 atom stereocenters. The van der Waals surface area contributed by atoms with E-state index >= 15 is 0 Å². The summed E-state index contributed by atoms with van der Waals surface area (Å²) in [6.07, 6.45) is 4.88. The molecule has 0 aromatic carbocycles. The second kappa shape index (κ2) is 8.22. The van der Waals surface area contributed by atoms with Gasteiger partial charge in [-0.05, 0) is 31.6 Å². The first-order chi connectivity index (χ1) is 9.51. The lowest BCUT2D eigenvalue weighted by molar-refractivity contribution is -0.537. The van der Waals surface area contributed by atoms with Crippen LogP contribution in [0.3, 0.4) is 0 Å². The number of hydrogen-bond donors (Lipinski definition) is 0. The first-order valence-electron chi connectivity index (χ1n) is 7.92. The summed E-state index contributed by atoms with van der Waals surface area (Å²) in [6.45, 7) is 7.68. The van der Waals surface area contributed by atoms with Crippen molar-refractivity contribution in [1.82, 2.24) is 4.90 Å². The molecule has 0 aromatic heterocycles. The minimum atomic E-state index is -0.465. The standard InChI is InChI=1S/C15H28N2O3/c1-4-9-16(10-5-2)15(18)11-13-7-6-8-14(12(13)3)17(19)20/h12-14H,4-11H2,1-3H3. The maximum Gasteiger partial charge on any atom is 0.222 e. The molecule has 0 aromatic rings. The largest absolute Gasteiger partial charge is 0.343 e. The number of hydrogen-bond acceptors (Lipinski definition) is 3. The molecule has 116 valence electrons. The molecule has 1 amide bonds. The SMILES string of the molecule is CCCN(CCC)C(=O)CC1CCCC([N+](=O)[O-])C1C. The fourth-order valence-corrected chi connectivity index (χ4v) is 3.27. The Hall–Kier alpha value is -1.13. The Kier molecular flexibility index (Phi) is 6.96. The van der Waals surface area contributed by atoms with Crippen molar-refractivity contribution in [2.24, 2.45) is 11.8 Å². The Bertz CT molecular complexity index is 327. The molecular weight excluding hydrogens is 256 g/mol. The topological polar surface area (TPSA) is 63.5 Å². The molecule has 0 radical (unpaired) electrons. The average molecular weight is 284 g/mol. The van der Waals surface area contributed by atoms with Crippen LogP contribution in [-0.2, 0) is 4.79 Å². The molecule has 20 heavy (non-hydrogen) atoms. The van der Waals surface area contributed by atoms with Crippen LogP contribution in [0.1, 0.15) is 59.3 Å².